The molecule has 5 nitrogen and oxygen atoms in total. The van der Waals surface area contributed by atoms with Crippen LogP contribution in [0.4, 0.5) is 0 Å². The Kier molecular flexibility index (Phi) is 7.16. The van der Waals surface area contributed by atoms with Gasteiger partial charge in [0, 0.05) is 19.0 Å². The summed E-state index contributed by atoms with van der Waals surface area (Å²) in [6, 6.07) is 16.6. The summed E-state index contributed by atoms with van der Waals surface area (Å²) in [7, 11) is 0. The SMILES string of the molecule is CC(C)C(NCc1cccc(OCCCC#N)c1)c1ccc2c(c1)OCCO2. The molecule has 0 saturated carbocycles. The van der Waals surface area contributed by atoms with Crippen LogP contribution in [0, 0.1) is 17.2 Å². The van der Waals surface area contributed by atoms with E-state index in [2.05, 4.69) is 49.5 Å². The van der Waals surface area contributed by atoms with Crippen LogP contribution >= 0.6 is 0 Å². The van der Waals surface area contributed by atoms with Gasteiger partial charge in [-0.15, -0.1) is 0 Å². The lowest BCUT2D eigenvalue weighted by Crippen LogP contribution is -2.26. The highest BCUT2D eigenvalue weighted by molar-refractivity contribution is 5.44. The largest absolute Gasteiger partial charge is 0.494 e. The van der Waals surface area contributed by atoms with Crippen molar-refractivity contribution in [3.8, 4) is 23.3 Å². The molecule has 1 aliphatic rings. The van der Waals surface area contributed by atoms with Gasteiger partial charge in [-0.2, -0.15) is 5.26 Å². The first-order valence-electron chi connectivity index (χ1n) is 9.89. The molecular weight excluding hydrogens is 352 g/mol. The highest BCUT2D eigenvalue weighted by Gasteiger charge is 2.19. The van der Waals surface area contributed by atoms with Gasteiger partial charge < -0.3 is 19.5 Å². The number of fused-ring (bicyclic) bond motifs is 1. The molecule has 2 aromatic rings. The Labute approximate surface area is 167 Å². The van der Waals surface area contributed by atoms with Crippen molar-refractivity contribution in [1.29, 1.82) is 5.26 Å². The molecule has 0 saturated heterocycles. The van der Waals surface area contributed by atoms with E-state index in [0.29, 0.717) is 32.2 Å². The maximum absolute atomic E-state index is 8.61. The number of nitrogens with one attached hydrogen (secondary N) is 1. The second-order valence-electron chi connectivity index (χ2n) is 7.26. The maximum Gasteiger partial charge on any atom is 0.161 e. The van der Waals surface area contributed by atoms with Crippen molar-refractivity contribution >= 4 is 0 Å². The molecule has 0 radical (unpaired) electrons. The number of hydrogen-bond donors (Lipinski definition) is 1. The molecule has 1 aliphatic heterocycles. The first kappa shape index (κ1) is 20.0. The highest BCUT2D eigenvalue weighted by atomic mass is 16.6. The molecule has 5 heteroatoms. The standard InChI is InChI=1S/C23H28N2O3/c1-17(2)23(19-8-9-21-22(15-19)28-13-12-27-21)25-16-18-6-5-7-20(14-18)26-11-4-3-10-24/h5-9,14-15,17,23,25H,3-4,11-13,16H2,1-2H3. The Morgan fingerprint density at radius 3 is 2.71 bits per heavy atom. The maximum atomic E-state index is 8.61. The lowest BCUT2D eigenvalue weighted by atomic mass is 9.95. The molecular formula is C23H28N2O3. The molecule has 0 bridgehead atoms. The molecule has 0 amide bonds. The summed E-state index contributed by atoms with van der Waals surface area (Å²) in [5.41, 5.74) is 2.36. The lowest BCUT2D eigenvalue weighted by molar-refractivity contribution is 0.171. The third-order valence-electron chi connectivity index (χ3n) is 4.72. The minimum absolute atomic E-state index is 0.205. The van der Waals surface area contributed by atoms with E-state index in [9.17, 15) is 0 Å². The number of unbranched alkanes of at least 4 members (excludes halogenated alkanes) is 1. The first-order chi connectivity index (χ1) is 13.7. The number of nitrogens with zero attached hydrogens (tertiary/aromatic N) is 1. The zero-order chi connectivity index (χ0) is 19.8. The van der Waals surface area contributed by atoms with Gasteiger partial charge in [-0.05, 0) is 47.7 Å². The minimum Gasteiger partial charge on any atom is -0.494 e. The molecule has 1 N–H and O–H groups in total. The molecule has 1 heterocycles. The number of nitriles is 1. The van der Waals surface area contributed by atoms with Gasteiger partial charge in [-0.1, -0.05) is 32.0 Å². The van der Waals surface area contributed by atoms with Crippen LogP contribution in [0.25, 0.3) is 0 Å². The van der Waals surface area contributed by atoms with E-state index < -0.39 is 0 Å². The van der Waals surface area contributed by atoms with Crippen molar-refractivity contribution in [1.82, 2.24) is 5.32 Å². The van der Waals surface area contributed by atoms with E-state index in [4.69, 9.17) is 19.5 Å². The predicted molar refractivity (Wildman–Crippen MR) is 109 cm³/mol. The third kappa shape index (κ3) is 5.40. The molecule has 28 heavy (non-hydrogen) atoms. The second kappa shape index (κ2) is 10.0. The van der Waals surface area contributed by atoms with E-state index in [-0.39, 0.29) is 6.04 Å². The van der Waals surface area contributed by atoms with E-state index >= 15 is 0 Å². The molecule has 1 atom stereocenters. The number of ether oxygens (including phenoxy) is 3. The zero-order valence-corrected chi connectivity index (χ0v) is 16.6. The number of hydrogen-bond acceptors (Lipinski definition) is 5. The van der Waals surface area contributed by atoms with Crippen molar-refractivity contribution in [2.24, 2.45) is 5.92 Å². The predicted octanol–water partition coefficient (Wildman–Crippen LogP) is 4.63. The van der Waals surface area contributed by atoms with E-state index in [0.717, 1.165) is 30.2 Å². The summed E-state index contributed by atoms with van der Waals surface area (Å²) in [5, 5.41) is 12.3. The summed E-state index contributed by atoms with van der Waals surface area (Å²) < 4.78 is 17.1. The molecule has 1 unspecified atom stereocenters. The van der Waals surface area contributed by atoms with Crippen LogP contribution in [0.3, 0.4) is 0 Å². The topological polar surface area (TPSA) is 63.5 Å². The first-order valence-corrected chi connectivity index (χ1v) is 9.89. The van der Waals surface area contributed by atoms with Crippen molar-refractivity contribution in [2.45, 2.75) is 39.3 Å². The molecule has 148 valence electrons. The Bertz CT molecular complexity index is 814. The fraction of sp³-hybridized carbons (Fsp3) is 0.435. The summed E-state index contributed by atoms with van der Waals surface area (Å²) in [4.78, 5) is 0. The van der Waals surface area contributed by atoms with Gasteiger partial charge in [-0.25, -0.2) is 0 Å². The smallest absolute Gasteiger partial charge is 0.161 e. The van der Waals surface area contributed by atoms with E-state index in [1.165, 1.54) is 11.1 Å². The highest BCUT2D eigenvalue weighted by Crippen LogP contribution is 2.34. The molecule has 0 spiro atoms. The van der Waals surface area contributed by atoms with Gasteiger partial charge >= 0.3 is 0 Å². The summed E-state index contributed by atoms with van der Waals surface area (Å²) in [6.45, 7) is 6.93. The summed E-state index contributed by atoms with van der Waals surface area (Å²) in [6.07, 6.45) is 1.27. The number of rotatable bonds is 9. The second-order valence-corrected chi connectivity index (χ2v) is 7.26. The molecule has 0 fully saturated rings. The molecule has 3 rings (SSSR count). The van der Waals surface area contributed by atoms with E-state index in [1.807, 2.05) is 18.2 Å². The van der Waals surface area contributed by atoms with Crippen molar-refractivity contribution in [3.05, 3.63) is 53.6 Å². The van der Waals surface area contributed by atoms with Crippen molar-refractivity contribution in [3.63, 3.8) is 0 Å². The van der Waals surface area contributed by atoms with Crippen molar-refractivity contribution in [2.75, 3.05) is 19.8 Å². The average Bonchev–Trinajstić information content (AvgIpc) is 2.71. The number of benzene rings is 2. The molecule has 0 aromatic heterocycles. The fourth-order valence-corrected chi connectivity index (χ4v) is 3.31. The van der Waals surface area contributed by atoms with E-state index in [1.54, 1.807) is 0 Å². The zero-order valence-electron chi connectivity index (χ0n) is 16.6. The Hall–Kier alpha value is -2.71. The average molecular weight is 380 g/mol. The van der Waals surface area contributed by atoms with Crippen LogP contribution in [0.5, 0.6) is 17.2 Å². The van der Waals surface area contributed by atoms with Crippen LogP contribution < -0.4 is 19.5 Å². The van der Waals surface area contributed by atoms with Crippen LogP contribution in [0.2, 0.25) is 0 Å². The van der Waals surface area contributed by atoms with Crippen LogP contribution in [-0.4, -0.2) is 19.8 Å². The fourth-order valence-electron chi connectivity index (χ4n) is 3.31. The normalized spacial score (nSPS) is 13.8. The van der Waals surface area contributed by atoms with Gasteiger partial charge in [-0.3, -0.25) is 0 Å². The van der Waals surface area contributed by atoms with Gasteiger partial charge in [0.1, 0.15) is 19.0 Å². The van der Waals surface area contributed by atoms with Gasteiger partial charge in [0.25, 0.3) is 0 Å². The minimum atomic E-state index is 0.205. The molecule has 2 aromatic carbocycles. The molecule has 0 aliphatic carbocycles. The van der Waals surface area contributed by atoms with Crippen LogP contribution in [-0.2, 0) is 6.54 Å². The summed E-state index contributed by atoms with van der Waals surface area (Å²) >= 11 is 0. The van der Waals surface area contributed by atoms with Gasteiger partial charge in [0.15, 0.2) is 11.5 Å². The van der Waals surface area contributed by atoms with Crippen LogP contribution in [0.15, 0.2) is 42.5 Å². The summed E-state index contributed by atoms with van der Waals surface area (Å²) in [5.74, 6) is 2.91. The Morgan fingerprint density at radius 2 is 1.93 bits per heavy atom. The quantitative estimate of drug-likeness (QED) is 0.643. The van der Waals surface area contributed by atoms with Gasteiger partial charge in [0.05, 0.1) is 12.7 Å². The van der Waals surface area contributed by atoms with Crippen molar-refractivity contribution < 1.29 is 14.2 Å². The Morgan fingerprint density at radius 1 is 1.11 bits per heavy atom. The third-order valence-corrected chi connectivity index (χ3v) is 4.72. The van der Waals surface area contributed by atoms with Crippen LogP contribution in [0.1, 0.15) is 43.9 Å². The Balaban J connectivity index is 1.63. The lowest BCUT2D eigenvalue weighted by Gasteiger charge is -2.25. The monoisotopic (exact) mass is 380 g/mol. The van der Waals surface area contributed by atoms with Gasteiger partial charge in [0.2, 0.25) is 0 Å².